The van der Waals surface area contributed by atoms with E-state index in [1.165, 1.54) is 0 Å². The van der Waals surface area contributed by atoms with E-state index < -0.39 is 0 Å². The highest BCUT2D eigenvalue weighted by Gasteiger charge is 2.27. The molecule has 0 spiro atoms. The number of hydrogen-bond acceptors (Lipinski definition) is 2. The maximum Gasteiger partial charge on any atom is 0.291 e. The van der Waals surface area contributed by atoms with Gasteiger partial charge in [-0.2, -0.15) is 0 Å². The lowest BCUT2D eigenvalue weighted by molar-refractivity contribution is 0.185. The number of nitriles is 1. The summed E-state index contributed by atoms with van der Waals surface area (Å²) in [6, 6.07) is 0. The van der Waals surface area contributed by atoms with E-state index in [0.29, 0.717) is 0 Å². The van der Waals surface area contributed by atoms with Crippen LogP contribution in [0.3, 0.4) is 0 Å². The van der Waals surface area contributed by atoms with Crippen molar-refractivity contribution >= 4 is 0 Å². The molecular formula is C13H21NO. The molecule has 0 aromatic heterocycles. The van der Waals surface area contributed by atoms with Gasteiger partial charge < -0.3 is 4.74 Å². The maximum absolute atomic E-state index is 8.59. The molecule has 0 aliphatic heterocycles. The second-order valence-corrected chi connectivity index (χ2v) is 4.35. The van der Waals surface area contributed by atoms with Gasteiger partial charge in [0.25, 0.3) is 6.26 Å². The summed E-state index contributed by atoms with van der Waals surface area (Å²) >= 11 is 0. The van der Waals surface area contributed by atoms with Crippen LogP contribution in [-0.4, -0.2) is 0 Å². The van der Waals surface area contributed by atoms with Crippen molar-refractivity contribution in [2.75, 3.05) is 0 Å². The van der Waals surface area contributed by atoms with E-state index in [2.05, 4.69) is 27.7 Å². The third kappa shape index (κ3) is 4.20. The van der Waals surface area contributed by atoms with Crippen molar-refractivity contribution in [2.45, 2.75) is 41.0 Å². The molecule has 0 aromatic carbocycles. The number of ether oxygens (including phenoxy) is 1. The summed E-state index contributed by atoms with van der Waals surface area (Å²) < 4.78 is 5.01. The Bertz CT molecular complexity index is 281. The van der Waals surface area contributed by atoms with E-state index in [9.17, 15) is 0 Å². The fraction of sp³-hybridized carbons (Fsp3) is 0.615. The van der Waals surface area contributed by atoms with Crippen molar-refractivity contribution in [3.05, 3.63) is 24.0 Å². The predicted octanol–water partition coefficient (Wildman–Crippen LogP) is 4.02. The van der Waals surface area contributed by atoms with Gasteiger partial charge in [0.15, 0.2) is 0 Å². The molecule has 15 heavy (non-hydrogen) atoms. The first-order chi connectivity index (χ1) is 6.99. The lowest BCUT2D eigenvalue weighted by Gasteiger charge is -2.30. The highest BCUT2D eigenvalue weighted by atomic mass is 16.5. The minimum Gasteiger partial charge on any atom is -0.392 e. The molecule has 1 atom stereocenters. The Balaban J connectivity index is 4.86. The topological polar surface area (TPSA) is 33.0 Å². The Kier molecular flexibility index (Phi) is 5.77. The van der Waals surface area contributed by atoms with Crippen LogP contribution in [0.1, 0.15) is 41.0 Å². The minimum atomic E-state index is 0.143. The Morgan fingerprint density at radius 2 is 2.13 bits per heavy atom. The molecule has 2 heteroatoms. The molecule has 0 saturated heterocycles. The quantitative estimate of drug-likeness (QED) is 0.387. The largest absolute Gasteiger partial charge is 0.392 e. The first-order valence-corrected chi connectivity index (χ1v) is 5.38. The van der Waals surface area contributed by atoms with Crippen molar-refractivity contribution in [1.29, 1.82) is 5.26 Å². The molecule has 0 bridgehead atoms. The zero-order valence-electron chi connectivity index (χ0n) is 10.4. The fourth-order valence-electron chi connectivity index (χ4n) is 1.20. The van der Waals surface area contributed by atoms with Crippen molar-refractivity contribution in [2.24, 2.45) is 11.3 Å². The summed E-state index contributed by atoms with van der Waals surface area (Å²) in [6.07, 6.45) is 8.49. The Hall–Kier alpha value is -1.23. The Morgan fingerprint density at radius 3 is 2.53 bits per heavy atom. The van der Waals surface area contributed by atoms with Crippen molar-refractivity contribution in [1.82, 2.24) is 0 Å². The summed E-state index contributed by atoms with van der Waals surface area (Å²) in [4.78, 5) is 0. The summed E-state index contributed by atoms with van der Waals surface area (Å²) in [6.45, 7) is 10.5. The summed E-state index contributed by atoms with van der Waals surface area (Å²) in [5.74, 6) is 0.973. The smallest absolute Gasteiger partial charge is 0.291 e. The second-order valence-electron chi connectivity index (χ2n) is 4.35. The lowest BCUT2D eigenvalue weighted by Crippen LogP contribution is -2.23. The van der Waals surface area contributed by atoms with E-state index in [1.54, 1.807) is 6.26 Å². The van der Waals surface area contributed by atoms with Gasteiger partial charge in [-0.15, -0.1) is 5.26 Å². The zero-order chi connectivity index (χ0) is 11.9. The molecule has 2 nitrogen and oxygen atoms in total. The maximum atomic E-state index is 8.59. The first kappa shape index (κ1) is 13.8. The normalized spacial score (nSPS) is 15.1. The van der Waals surface area contributed by atoms with Gasteiger partial charge in [-0.25, -0.2) is 0 Å². The fourth-order valence-corrected chi connectivity index (χ4v) is 1.20. The molecule has 0 heterocycles. The number of hydrogen-bond donors (Lipinski definition) is 0. The van der Waals surface area contributed by atoms with E-state index in [-0.39, 0.29) is 11.3 Å². The number of rotatable bonds is 5. The van der Waals surface area contributed by atoms with Crippen LogP contribution in [0.25, 0.3) is 0 Å². The van der Waals surface area contributed by atoms with Gasteiger partial charge in [0.2, 0.25) is 0 Å². The van der Waals surface area contributed by atoms with Crippen LogP contribution in [0, 0.1) is 22.9 Å². The predicted molar refractivity (Wildman–Crippen MR) is 62.8 cm³/mol. The average molecular weight is 207 g/mol. The lowest BCUT2D eigenvalue weighted by atomic mass is 9.76. The summed E-state index contributed by atoms with van der Waals surface area (Å²) in [5, 5.41) is 8.59. The number of allylic oxidation sites excluding steroid dienone is 4. The monoisotopic (exact) mass is 207 g/mol. The van der Waals surface area contributed by atoms with Gasteiger partial charge in [-0.1, -0.05) is 46.3 Å². The van der Waals surface area contributed by atoms with Crippen LogP contribution in [-0.2, 0) is 4.74 Å². The van der Waals surface area contributed by atoms with E-state index in [0.717, 1.165) is 12.2 Å². The second kappa shape index (κ2) is 6.29. The SMILES string of the molecule is C/C=C\C=C(\OC#N)C(C)C(C)(C)CC. The molecule has 0 amide bonds. The van der Waals surface area contributed by atoms with E-state index in [4.69, 9.17) is 10.00 Å². The average Bonchev–Trinajstić information content (AvgIpc) is 2.23. The Morgan fingerprint density at radius 1 is 1.53 bits per heavy atom. The van der Waals surface area contributed by atoms with Crippen LogP contribution in [0.4, 0.5) is 0 Å². The van der Waals surface area contributed by atoms with E-state index in [1.807, 2.05) is 25.2 Å². The van der Waals surface area contributed by atoms with Gasteiger partial charge in [-0.3, -0.25) is 0 Å². The van der Waals surface area contributed by atoms with Crippen LogP contribution in [0.5, 0.6) is 0 Å². The van der Waals surface area contributed by atoms with Gasteiger partial charge >= 0.3 is 0 Å². The van der Waals surface area contributed by atoms with Crippen LogP contribution in [0.15, 0.2) is 24.0 Å². The van der Waals surface area contributed by atoms with Gasteiger partial charge in [0, 0.05) is 5.92 Å². The van der Waals surface area contributed by atoms with Crippen LogP contribution in [0.2, 0.25) is 0 Å². The molecule has 0 aromatic rings. The summed E-state index contributed by atoms with van der Waals surface area (Å²) in [7, 11) is 0. The van der Waals surface area contributed by atoms with Crippen molar-refractivity contribution in [3.63, 3.8) is 0 Å². The van der Waals surface area contributed by atoms with Crippen LogP contribution < -0.4 is 0 Å². The molecule has 0 fully saturated rings. The zero-order valence-corrected chi connectivity index (χ0v) is 10.4. The molecule has 0 aliphatic carbocycles. The molecule has 84 valence electrons. The van der Waals surface area contributed by atoms with Gasteiger partial charge in [-0.05, 0) is 18.4 Å². The van der Waals surface area contributed by atoms with Crippen LogP contribution >= 0.6 is 0 Å². The summed E-state index contributed by atoms with van der Waals surface area (Å²) in [5.41, 5.74) is 0.143. The van der Waals surface area contributed by atoms with Gasteiger partial charge in [0.1, 0.15) is 5.76 Å². The molecule has 0 radical (unpaired) electrons. The highest BCUT2D eigenvalue weighted by Crippen LogP contribution is 2.35. The Labute approximate surface area is 93.2 Å². The molecule has 0 saturated carbocycles. The van der Waals surface area contributed by atoms with Crippen molar-refractivity contribution in [3.8, 4) is 6.26 Å². The van der Waals surface area contributed by atoms with Crippen molar-refractivity contribution < 1.29 is 4.74 Å². The first-order valence-electron chi connectivity index (χ1n) is 5.38. The third-order valence-corrected chi connectivity index (χ3v) is 3.13. The van der Waals surface area contributed by atoms with Gasteiger partial charge in [0.05, 0.1) is 0 Å². The molecular weight excluding hydrogens is 186 g/mol. The minimum absolute atomic E-state index is 0.143. The third-order valence-electron chi connectivity index (χ3n) is 3.13. The number of nitrogens with zero attached hydrogens (tertiary/aromatic N) is 1. The molecule has 1 unspecified atom stereocenters. The van der Waals surface area contributed by atoms with E-state index >= 15 is 0 Å². The molecule has 0 aliphatic rings. The molecule has 0 rings (SSSR count). The standard InChI is InChI=1S/C13H21NO/c1-6-8-9-12(15-10-14)11(3)13(4,5)7-2/h6,8-9,11H,7H2,1-5H3/b8-6-,12-9+. The highest BCUT2D eigenvalue weighted by molar-refractivity contribution is 5.12. The molecule has 0 N–H and O–H groups in total.